The van der Waals surface area contributed by atoms with Gasteiger partial charge in [-0.05, 0) is 80.0 Å². The third-order valence-corrected chi connectivity index (χ3v) is 23.0. The highest BCUT2D eigenvalue weighted by Crippen LogP contribution is 2.40. The van der Waals surface area contributed by atoms with Gasteiger partial charge in [-0.2, -0.15) is 15.0 Å². The van der Waals surface area contributed by atoms with Crippen LogP contribution in [0.15, 0.2) is 169 Å². The third kappa shape index (κ3) is 25.5. The molecule has 5 N–H and O–H groups in total. The molecule has 0 fully saturated rings. The molecule has 10 heterocycles. The lowest BCUT2D eigenvalue weighted by Crippen LogP contribution is -2.24. The molecule has 756 valence electrons. The first kappa shape index (κ1) is 109. The number of thioether (sulfide) groups is 1. The van der Waals surface area contributed by atoms with E-state index in [1.807, 2.05) is 209 Å². The van der Waals surface area contributed by atoms with Gasteiger partial charge in [-0.3, -0.25) is 47.9 Å². The second kappa shape index (κ2) is 50.2. The average molecular weight is 2010 g/mol. The summed E-state index contributed by atoms with van der Waals surface area (Å²) in [4.78, 5) is 222. The van der Waals surface area contributed by atoms with Crippen molar-refractivity contribution in [3.05, 3.63) is 260 Å². The molecule has 15 aromatic rings. The number of fused-ring (bicyclic) bond motifs is 5. The van der Waals surface area contributed by atoms with Crippen LogP contribution in [0, 0.1) is 13.8 Å². The van der Waals surface area contributed by atoms with E-state index in [2.05, 4.69) is 59.3 Å². The third-order valence-electron chi connectivity index (χ3n) is 22.5. The monoisotopic (exact) mass is 2010 g/mol. The summed E-state index contributed by atoms with van der Waals surface area (Å²) in [6, 6.07) is 48.2. The number of carboxylic acids is 3. The summed E-state index contributed by atoms with van der Waals surface area (Å²) in [5.41, 5.74) is 16.4. The number of rotatable bonds is 41. The van der Waals surface area contributed by atoms with Gasteiger partial charge in [0.1, 0.15) is 52.5 Å². The number of hydrogen-bond acceptors (Lipinski definition) is 33. The number of ketones is 9. The summed E-state index contributed by atoms with van der Waals surface area (Å²) in [6.45, 7) is 17.1. The van der Waals surface area contributed by atoms with Crippen LogP contribution < -0.4 is 29.4 Å². The van der Waals surface area contributed by atoms with Crippen LogP contribution >= 0.6 is 11.8 Å². The molecule has 41 nitrogen and oxygen atoms in total. The number of carbonyl (C=O) groups is 15. The van der Waals surface area contributed by atoms with E-state index < -0.39 is 108 Å². The summed E-state index contributed by atoms with van der Waals surface area (Å²) >= 11 is 1.24. The van der Waals surface area contributed by atoms with Crippen molar-refractivity contribution in [2.75, 3.05) is 53.5 Å². The van der Waals surface area contributed by atoms with Crippen molar-refractivity contribution in [2.24, 2.45) is 5.73 Å². The van der Waals surface area contributed by atoms with Gasteiger partial charge in [-0.1, -0.05) is 198 Å². The largest absolute Gasteiger partial charge is 0.479 e. The molecule has 10 aromatic heterocycles. The number of primary amides is 1. The smallest absolute Gasteiger partial charge is 0.343 e. The first-order valence-corrected chi connectivity index (χ1v) is 46.9. The number of amides is 1. The van der Waals surface area contributed by atoms with E-state index in [-0.39, 0.29) is 86.6 Å². The maximum absolute atomic E-state index is 12.9. The van der Waals surface area contributed by atoms with E-state index in [1.54, 1.807) is 20.1 Å². The number of benzene rings is 5. The van der Waals surface area contributed by atoms with Gasteiger partial charge in [-0.25, -0.2) is 58.9 Å². The summed E-state index contributed by atoms with van der Waals surface area (Å²) < 4.78 is 45.6. The lowest BCUT2D eigenvalue weighted by Gasteiger charge is -2.10. The first-order valence-electron chi connectivity index (χ1n) is 45.6. The Balaban J connectivity index is 0.000000174. The first-order chi connectivity index (χ1) is 70.0. The molecule has 0 atom stereocenters. The minimum Gasteiger partial charge on any atom is -0.479 e. The molecule has 146 heavy (non-hydrogen) atoms. The number of hydrogen-bond donors (Lipinski definition) is 4. The van der Waals surface area contributed by atoms with Gasteiger partial charge in [-0.15, -0.1) is 0 Å². The van der Waals surface area contributed by atoms with E-state index in [9.17, 15) is 71.9 Å². The molecule has 0 aliphatic carbocycles. The Hall–Kier alpha value is -17.6. The number of esters is 2. The SMILES string of the molecule is CCc1c(C(=O)C(C)=O)c2c(OCC(=O)O)nc(C)nc2n1Cc1ccccc1.CCc1c(C(=O)C(C)=O)c2c(OCC(=O)O)ncnc2n1Cc1ccccc1.CCc1c(C(=O)C(C)=O)c2c(OCC(=O)OC)nc(C)nc2n1Cc1ccccc1.CCc1c(C(=O)C(C)=O)c2c(OCC(=O)OC)ncnc2n1Cc1ccccc1.CCc1c(C(=O)C(N)=O)c2c(OCC(=O)O)nc(SC)nc2n1Cc1ccccc1. The Morgan fingerprint density at radius 3 is 0.788 bits per heavy atom. The molecule has 0 unspecified atom stereocenters. The van der Waals surface area contributed by atoms with Crippen LogP contribution in [-0.4, -0.2) is 229 Å². The maximum Gasteiger partial charge on any atom is 0.343 e. The standard InChI is InChI=1S/C22H23N3O5.2C21H21N3O5.C20H20N4O5S.C20H19N3O5/c1-5-16-18(20(28)13(2)26)19-21(25(16)11-15-9-7-6-8-10-15)23-14(3)24-22(19)30-12-17(27)29-4;1-4-15-17(19(27)13(2)25)18-20(24(15)10-14-8-6-5-7-9-14)22-12-23-21(18)29-11-16(26)28-3;1-4-15-17(19(28)12(2)25)18-20(24(15)10-14-8-6-5-7-9-14)22-13(3)23-21(18)29-11-16(26)27;1-3-12-14(16(27)17(21)28)15-18(24(12)9-11-7-5-4-6-8-11)22-20(30-2)23-19(15)29-10-13(25)26;1-3-14-16(18(27)12(2)24)17-19(21-11-22-20(17)28-10-15(25)26)23(14)9-13-7-5-4-6-8-13/h6-10H,5,11-12H2,1-4H3;5-9,12H,4,10-11H2,1-3H3;5-9H,4,10-11H2,1-3H3,(H,26,27);4-8H,3,9-10H2,1-2H3,(H2,21,28)(H,25,26);4-8,11H,3,9-10H2,1-2H3,(H,25,26). The Morgan fingerprint density at radius 1 is 0.308 bits per heavy atom. The summed E-state index contributed by atoms with van der Waals surface area (Å²) in [5.74, 6) is -11.0. The van der Waals surface area contributed by atoms with Crippen molar-refractivity contribution in [1.82, 2.24) is 72.7 Å². The van der Waals surface area contributed by atoms with Gasteiger partial charge in [0, 0.05) is 88.9 Å². The number of Topliss-reactive ketones (excluding diaryl/α,β-unsaturated/α-hetero) is 9. The predicted molar refractivity (Wildman–Crippen MR) is 531 cm³/mol. The molecule has 0 aliphatic heterocycles. The average Bonchev–Trinajstić information content (AvgIpc) is 1.62. The van der Waals surface area contributed by atoms with Crippen LogP contribution in [-0.2, 0) is 122 Å². The second-order valence-electron chi connectivity index (χ2n) is 32.3. The van der Waals surface area contributed by atoms with Crippen LogP contribution in [0.2, 0.25) is 0 Å². The number of methoxy groups -OCH3 is 2. The second-order valence-corrected chi connectivity index (χ2v) is 33.0. The normalized spacial score (nSPS) is 10.8. The van der Waals surface area contributed by atoms with E-state index in [4.69, 9.17) is 44.7 Å². The topological polar surface area (TPSA) is 561 Å². The van der Waals surface area contributed by atoms with Crippen molar-refractivity contribution in [3.8, 4) is 29.4 Å². The molecule has 0 saturated heterocycles. The van der Waals surface area contributed by atoms with Gasteiger partial charge in [0.15, 0.2) is 61.3 Å². The summed E-state index contributed by atoms with van der Waals surface area (Å²) in [7, 11) is 2.50. The quantitative estimate of drug-likeness (QED) is 0.00909. The molecule has 0 saturated carbocycles. The van der Waals surface area contributed by atoms with Crippen molar-refractivity contribution in [2.45, 2.75) is 146 Å². The lowest BCUT2D eigenvalue weighted by molar-refractivity contribution is -0.143. The fourth-order valence-corrected chi connectivity index (χ4v) is 16.6. The van der Waals surface area contributed by atoms with E-state index in [1.165, 1.54) is 66.3 Å². The number of nitrogens with zero attached hydrogens (tertiary/aromatic N) is 15. The van der Waals surface area contributed by atoms with Gasteiger partial charge in [0.2, 0.25) is 52.5 Å². The van der Waals surface area contributed by atoms with Gasteiger partial charge < -0.3 is 77.0 Å². The predicted octanol–water partition coefficient (Wildman–Crippen LogP) is 11.8. The highest BCUT2D eigenvalue weighted by atomic mass is 32.2. The fraction of sp³-hybridized carbons (Fsp3) is 0.279. The van der Waals surface area contributed by atoms with E-state index in [0.29, 0.717) is 149 Å². The molecule has 15 rings (SSSR count). The van der Waals surface area contributed by atoms with Crippen LogP contribution in [0.5, 0.6) is 29.4 Å². The zero-order chi connectivity index (χ0) is 106. The molecule has 0 bridgehead atoms. The summed E-state index contributed by atoms with van der Waals surface area (Å²) in [5, 5.41) is 28.6. The van der Waals surface area contributed by atoms with Crippen LogP contribution in [0.4, 0.5) is 0 Å². The Morgan fingerprint density at radius 2 is 0.541 bits per heavy atom. The molecule has 1 amide bonds. The number of nitrogens with two attached hydrogens (primary N) is 1. The van der Waals surface area contributed by atoms with E-state index in [0.717, 1.165) is 27.8 Å². The number of aryl methyl sites for hydroxylation is 2. The summed E-state index contributed by atoms with van der Waals surface area (Å²) in [6.07, 6.45) is 6.65. The number of ether oxygens (including phenoxy) is 7. The Labute approximate surface area is 838 Å². The van der Waals surface area contributed by atoms with Gasteiger partial charge in [0.05, 0.1) is 69.0 Å². The van der Waals surface area contributed by atoms with Gasteiger partial charge in [0.25, 0.3) is 11.7 Å². The number of aromatic nitrogens is 15. The zero-order valence-electron chi connectivity index (χ0n) is 82.2. The van der Waals surface area contributed by atoms with Crippen LogP contribution in [0.1, 0.15) is 182 Å². The minimum atomic E-state index is -1.20. The van der Waals surface area contributed by atoms with E-state index >= 15 is 0 Å². The van der Waals surface area contributed by atoms with Crippen molar-refractivity contribution in [3.63, 3.8) is 0 Å². The lowest BCUT2D eigenvalue weighted by atomic mass is 10.0. The molecular formula is C104H104N16O25S. The number of aliphatic carboxylic acids is 3. The molecule has 42 heteroatoms. The van der Waals surface area contributed by atoms with Crippen LogP contribution in [0.3, 0.4) is 0 Å². The van der Waals surface area contributed by atoms with Crippen molar-refractivity contribution < 1.29 is 120 Å². The highest BCUT2D eigenvalue weighted by molar-refractivity contribution is 7.98. The van der Waals surface area contributed by atoms with Gasteiger partial charge >= 0.3 is 29.8 Å². The molecule has 0 spiro atoms. The molecular weight excluding hydrogens is 1910 g/mol. The highest BCUT2D eigenvalue weighted by Gasteiger charge is 2.36. The molecule has 0 aliphatic rings. The Bertz CT molecular complexity index is 7530. The molecule has 5 aromatic carbocycles. The Kier molecular flexibility index (Phi) is 37.4. The van der Waals surface area contributed by atoms with Crippen molar-refractivity contribution >= 4 is 155 Å². The number of carboxylic acid groups (broad SMARTS) is 3. The fourth-order valence-electron chi connectivity index (χ4n) is 16.3. The minimum absolute atomic E-state index is 0.0130. The van der Waals surface area contributed by atoms with Crippen molar-refractivity contribution in [1.29, 1.82) is 0 Å². The van der Waals surface area contributed by atoms with Crippen LogP contribution in [0.25, 0.3) is 55.2 Å². The number of carbonyl (C=O) groups excluding carboxylic acids is 12. The zero-order valence-corrected chi connectivity index (χ0v) is 83.0. The maximum atomic E-state index is 12.9. The molecule has 0 radical (unpaired) electrons.